The number of aliphatic carboxylic acids is 1. The Morgan fingerprint density at radius 1 is 1.50 bits per heavy atom. The van der Waals surface area contributed by atoms with Gasteiger partial charge in [-0.2, -0.15) is 0 Å². The number of allylic oxidation sites excluding steroid dienone is 2. The molecule has 0 unspecified atom stereocenters. The van der Waals surface area contributed by atoms with Crippen LogP contribution in [0.15, 0.2) is 12.2 Å². The number of rotatable bonds is 2. The lowest BCUT2D eigenvalue weighted by Crippen LogP contribution is -2.31. The number of carboxylic acids is 1. The van der Waals surface area contributed by atoms with Crippen molar-refractivity contribution in [1.82, 2.24) is 0 Å². The van der Waals surface area contributed by atoms with Gasteiger partial charge >= 0.3 is 5.97 Å². The van der Waals surface area contributed by atoms with Gasteiger partial charge in [0.05, 0.1) is 6.42 Å². The molecule has 1 N–H and O–H groups in total. The first kappa shape index (κ1) is 9.30. The smallest absolute Gasteiger partial charge is 0.304 e. The Hall–Kier alpha value is -0.790. The minimum absolute atomic E-state index is 0.0887. The number of hydrogen-bond acceptors (Lipinski definition) is 1. The molecule has 0 radical (unpaired) electrons. The Morgan fingerprint density at radius 2 is 2.08 bits per heavy atom. The molecule has 1 aliphatic carbocycles. The van der Waals surface area contributed by atoms with Crippen LogP contribution in [0.1, 0.15) is 33.6 Å². The Balaban J connectivity index is 2.82. The molecule has 0 amide bonds. The molecule has 2 nitrogen and oxygen atoms in total. The van der Waals surface area contributed by atoms with Crippen molar-refractivity contribution in [3.63, 3.8) is 0 Å². The SMILES string of the molecule is CC1(C)CC=C[C@@]1(C)CC(=O)O. The average molecular weight is 168 g/mol. The van der Waals surface area contributed by atoms with Crippen LogP contribution < -0.4 is 0 Å². The van der Waals surface area contributed by atoms with Crippen LogP contribution in [0.25, 0.3) is 0 Å². The van der Waals surface area contributed by atoms with Crippen LogP contribution in [0.5, 0.6) is 0 Å². The van der Waals surface area contributed by atoms with Crippen LogP contribution in [-0.4, -0.2) is 11.1 Å². The van der Waals surface area contributed by atoms with E-state index in [1.165, 1.54) is 0 Å². The molecule has 0 spiro atoms. The van der Waals surface area contributed by atoms with Gasteiger partial charge in [0.25, 0.3) is 0 Å². The predicted molar refractivity (Wildman–Crippen MR) is 47.9 cm³/mol. The van der Waals surface area contributed by atoms with Crippen molar-refractivity contribution < 1.29 is 9.90 Å². The van der Waals surface area contributed by atoms with Gasteiger partial charge in [0.15, 0.2) is 0 Å². The van der Waals surface area contributed by atoms with Crippen molar-refractivity contribution in [2.75, 3.05) is 0 Å². The first-order chi connectivity index (χ1) is 5.37. The highest BCUT2D eigenvalue weighted by Gasteiger charge is 2.42. The van der Waals surface area contributed by atoms with Crippen molar-refractivity contribution in [3.8, 4) is 0 Å². The molecule has 0 saturated carbocycles. The van der Waals surface area contributed by atoms with E-state index < -0.39 is 5.97 Å². The molecule has 0 fully saturated rings. The zero-order valence-electron chi connectivity index (χ0n) is 7.92. The van der Waals surface area contributed by atoms with Gasteiger partial charge in [-0.1, -0.05) is 32.9 Å². The molecule has 12 heavy (non-hydrogen) atoms. The summed E-state index contributed by atoms with van der Waals surface area (Å²) >= 11 is 0. The van der Waals surface area contributed by atoms with E-state index >= 15 is 0 Å². The highest BCUT2D eigenvalue weighted by Crippen LogP contribution is 2.49. The Bertz CT molecular complexity index is 228. The lowest BCUT2D eigenvalue weighted by molar-refractivity contribution is -0.140. The Labute approximate surface area is 73.3 Å². The fourth-order valence-electron chi connectivity index (χ4n) is 1.68. The summed E-state index contributed by atoms with van der Waals surface area (Å²) in [7, 11) is 0. The van der Waals surface area contributed by atoms with Crippen LogP contribution in [0.3, 0.4) is 0 Å². The highest BCUT2D eigenvalue weighted by atomic mass is 16.4. The summed E-state index contributed by atoms with van der Waals surface area (Å²) in [4.78, 5) is 10.6. The minimum Gasteiger partial charge on any atom is -0.481 e. The second-order valence-electron chi connectivity index (χ2n) is 4.48. The number of carboxylic acid groups (broad SMARTS) is 1. The van der Waals surface area contributed by atoms with Crippen LogP contribution in [0.4, 0.5) is 0 Å². The number of carbonyl (C=O) groups is 1. The largest absolute Gasteiger partial charge is 0.481 e. The first-order valence-corrected chi connectivity index (χ1v) is 4.27. The molecular weight excluding hydrogens is 152 g/mol. The van der Waals surface area contributed by atoms with E-state index in [-0.39, 0.29) is 17.3 Å². The van der Waals surface area contributed by atoms with Gasteiger partial charge in [-0.05, 0) is 11.8 Å². The third kappa shape index (κ3) is 1.38. The van der Waals surface area contributed by atoms with Crippen molar-refractivity contribution >= 4 is 5.97 Å². The van der Waals surface area contributed by atoms with Gasteiger partial charge in [0, 0.05) is 5.41 Å². The molecule has 1 rings (SSSR count). The number of hydrogen-bond donors (Lipinski definition) is 1. The summed E-state index contributed by atoms with van der Waals surface area (Å²) in [5, 5.41) is 8.74. The van der Waals surface area contributed by atoms with Crippen molar-refractivity contribution in [2.45, 2.75) is 33.6 Å². The molecule has 0 saturated heterocycles. The van der Waals surface area contributed by atoms with E-state index in [4.69, 9.17) is 5.11 Å². The third-order valence-electron chi connectivity index (χ3n) is 3.18. The van der Waals surface area contributed by atoms with Crippen LogP contribution >= 0.6 is 0 Å². The molecule has 0 bridgehead atoms. The summed E-state index contributed by atoms with van der Waals surface area (Å²) in [5.41, 5.74) is -0.0791. The quantitative estimate of drug-likeness (QED) is 0.643. The van der Waals surface area contributed by atoms with Crippen LogP contribution in [-0.2, 0) is 4.79 Å². The summed E-state index contributed by atoms with van der Waals surface area (Å²) in [5.74, 6) is -0.711. The van der Waals surface area contributed by atoms with Crippen LogP contribution in [0, 0.1) is 10.8 Å². The van der Waals surface area contributed by atoms with Gasteiger partial charge in [0.1, 0.15) is 0 Å². The van der Waals surface area contributed by atoms with E-state index in [1.807, 2.05) is 13.0 Å². The lowest BCUT2D eigenvalue weighted by Gasteiger charge is -2.36. The van der Waals surface area contributed by atoms with Crippen molar-refractivity contribution in [3.05, 3.63) is 12.2 Å². The standard InChI is InChI=1S/C10H16O2/c1-9(2)5-4-6-10(9,3)7-8(11)12/h4,6H,5,7H2,1-3H3,(H,11,12)/t10-/m0/s1. The normalized spacial score (nSPS) is 32.2. The van der Waals surface area contributed by atoms with Gasteiger partial charge < -0.3 is 5.11 Å². The van der Waals surface area contributed by atoms with Gasteiger partial charge in [-0.15, -0.1) is 0 Å². The molecule has 2 heteroatoms. The van der Waals surface area contributed by atoms with Gasteiger partial charge in [0.2, 0.25) is 0 Å². The predicted octanol–water partition coefficient (Wildman–Crippen LogP) is 2.45. The highest BCUT2D eigenvalue weighted by molar-refractivity contribution is 5.68. The monoisotopic (exact) mass is 168 g/mol. The first-order valence-electron chi connectivity index (χ1n) is 4.27. The Morgan fingerprint density at radius 3 is 2.42 bits per heavy atom. The maximum atomic E-state index is 10.6. The lowest BCUT2D eigenvalue weighted by atomic mass is 9.67. The fraction of sp³-hybridized carbons (Fsp3) is 0.700. The van der Waals surface area contributed by atoms with E-state index in [1.54, 1.807) is 0 Å². The Kier molecular flexibility index (Phi) is 2.02. The van der Waals surface area contributed by atoms with E-state index in [2.05, 4.69) is 19.9 Å². The molecule has 0 aromatic rings. The summed E-state index contributed by atoms with van der Waals surface area (Å²) in [6.45, 7) is 6.26. The summed E-state index contributed by atoms with van der Waals surface area (Å²) in [6, 6.07) is 0. The zero-order valence-corrected chi connectivity index (χ0v) is 7.92. The summed E-state index contributed by atoms with van der Waals surface area (Å²) < 4.78 is 0. The molecule has 1 aliphatic rings. The van der Waals surface area contributed by atoms with E-state index in [0.29, 0.717) is 0 Å². The fourth-order valence-corrected chi connectivity index (χ4v) is 1.68. The second-order valence-corrected chi connectivity index (χ2v) is 4.48. The van der Waals surface area contributed by atoms with Gasteiger partial charge in [-0.25, -0.2) is 0 Å². The van der Waals surface area contributed by atoms with E-state index in [0.717, 1.165) is 6.42 Å². The van der Waals surface area contributed by atoms with Crippen molar-refractivity contribution in [1.29, 1.82) is 0 Å². The molecule has 68 valence electrons. The average Bonchev–Trinajstić information content (AvgIpc) is 2.05. The van der Waals surface area contributed by atoms with Gasteiger partial charge in [-0.3, -0.25) is 4.79 Å². The maximum Gasteiger partial charge on any atom is 0.304 e. The molecular formula is C10H16O2. The topological polar surface area (TPSA) is 37.3 Å². The molecule has 1 atom stereocenters. The summed E-state index contributed by atoms with van der Waals surface area (Å²) in [6.07, 6.45) is 5.34. The zero-order chi connectivity index (χ0) is 9.41. The minimum atomic E-state index is -0.711. The maximum absolute atomic E-state index is 10.6. The van der Waals surface area contributed by atoms with Crippen molar-refractivity contribution in [2.24, 2.45) is 10.8 Å². The van der Waals surface area contributed by atoms with Crippen LogP contribution in [0.2, 0.25) is 0 Å². The van der Waals surface area contributed by atoms with E-state index in [9.17, 15) is 4.79 Å². The molecule has 0 heterocycles. The molecule has 0 aromatic carbocycles. The molecule has 0 aliphatic heterocycles. The molecule has 0 aromatic heterocycles. The third-order valence-corrected chi connectivity index (χ3v) is 3.18. The second kappa shape index (κ2) is 2.61.